The van der Waals surface area contributed by atoms with Crippen molar-refractivity contribution in [1.82, 2.24) is 10.3 Å². The summed E-state index contributed by atoms with van der Waals surface area (Å²) in [5.74, 6) is 1.33. The van der Waals surface area contributed by atoms with Gasteiger partial charge in [-0.2, -0.15) is 0 Å². The van der Waals surface area contributed by atoms with Crippen LogP contribution in [-0.2, 0) is 0 Å². The molecule has 2 aromatic rings. The summed E-state index contributed by atoms with van der Waals surface area (Å²) in [5.41, 5.74) is 13.3. The Bertz CT molecular complexity index is 792. The molecule has 6 N–H and O–H groups in total. The first-order valence-corrected chi connectivity index (χ1v) is 8.56. The third kappa shape index (κ3) is 7.18. The van der Waals surface area contributed by atoms with E-state index >= 15 is 0 Å². The molecule has 0 aliphatic rings. The summed E-state index contributed by atoms with van der Waals surface area (Å²) in [6, 6.07) is 7.93. The molecule has 1 aromatic heterocycles. The van der Waals surface area contributed by atoms with Crippen LogP contribution < -0.4 is 26.8 Å². The van der Waals surface area contributed by atoms with Crippen LogP contribution >= 0.6 is 12.4 Å². The third-order valence-corrected chi connectivity index (χ3v) is 3.50. The van der Waals surface area contributed by atoms with Crippen LogP contribution in [0.4, 0.5) is 5.69 Å². The predicted octanol–water partition coefficient (Wildman–Crippen LogP) is 2.09. The molecule has 2 rings (SSSR count). The molecule has 0 aliphatic heterocycles. The van der Waals surface area contributed by atoms with E-state index in [-0.39, 0.29) is 30.4 Å². The Morgan fingerprint density at radius 1 is 1.26 bits per heavy atom. The standard InChI is InChI=1S/C18H27N7O.ClH/c1-12(2)24-18(20)25-17(19)23-9-5-8-21-15-11-14(26-3)10-13-6-4-7-22-16(13)15;/h4,6-7,10-12,21H,5,8-9H2,1-3H3,(H5,19,20,23,24,25);1H. The molecule has 0 saturated carbocycles. The van der Waals surface area contributed by atoms with Gasteiger partial charge in [-0.15, -0.1) is 12.4 Å². The number of hydrogen-bond acceptors (Lipinski definition) is 5. The number of fused-ring (bicyclic) bond motifs is 1. The van der Waals surface area contributed by atoms with E-state index in [1.54, 1.807) is 13.3 Å². The normalized spacial score (nSPS) is 12.0. The molecule has 0 unspecified atom stereocenters. The van der Waals surface area contributed by atoms with Gasteiger partial charge in [0.25, 0.3) is 0 Å². The first-order valence-electron chi connectivity index (χ1n) is 8.56. The van der Waals surface area contributed by atoms with E-state index in [0.29, 0.717) is 6.54 Å². The van der Waals surface area contributed by atoms with Gasteiger partial charge in [-0.1, -0.05) is 6.07 Å². The lowest BCUT2D eigenvalue weighted by Crippen LogP contribution is -2.42. The van der Waals surface area contributed by atoms with E-state index in [2.05, 4.69) is 25.6 Å². The van der Waals surface area contributed by atoms with Gasteiger partial charge < -0.3 is 21.5 Å². The van der Waals surface area contributed by atoms with Crippen LogP contribution in [0.5, 0.6) is 5.75 Å². The largest absolute Gasteiger partial charge is 0.497 e. The predicted molar refractivity (Wildman–Crippen MR) is 115 cm³/mol. The van der Waals surface area contributed by atoms with Gasteiger partial charge in [-0.3, -0.25) is 20.3 Å². The molecular weight excluding hydrogens is 366 g/mol. The maximum atomic E-state index is 5.79. The van der Waals surface area contributed by atoms with Crippen molar-refractivity contribution >= 4 is 40.9 Å². The molecule has 0 amide bonds. The Kier molecular flexibility index (Phi) is 9.15. The Balaban J connectivity index is 0.00000364. The number of aliphatic imine (C=N–C) groups is 2. The lowest BCUT2D eigenvalue weighted by molar-refractivity contribution is 0.415. The minimum atomic E-state index is 0. The Morgan fingerprint density at radius 3 is 2.74 bits per heavy atom. The number of anilines is 1. The molecule has 0 bridgehead atoms. The molecule has 1 heterocycles. The second-order valence-corrected chi connectivity index (χ2v) is 6.03. The smallest absolute Gasteiger partial charge is 0.195 e. The zero-order chi connectivity index (χ0) is 18.9. The number of aromatic nitrogens is 1. The summed E-state index contributed by atoms with van der Waals surface area (Å²) in [4.78, 5) is 12.8. The highest BCUT2D eigenvalue weighted by atomic mass is 35.5. The number of nitrogens with two attached hydrogens (primary N) is 2. The number of pyridine rings is 1. The van der Waals surface area contributed by atoms with Crippen LogP contribution in [0, 0.1) is 0 Å². The summed E-state index contributed by atoms with van der Waals surface area (Å²) >= 11 is 0. The summed E-state index contributed by atoms with van der Waals surface area (Å²) < 4.78 is 5.35. The van der Waals surface area contributed by atoms with Crippen LogP contribution in [0.15, 0.2) is 40.4 Å². The molecule has 1 aromatic carbocycles. The van der Waals surface area contributed by atoms with Crippen molar-refractivity contribution in [2.24, 2.45) is 21.5 Å². The summed E-state index contributed by atoms with van der Waals surface area (Å²) in [6.07, 6.45) is 2.58. The third-order valence-electron chi connectivity index (χ3n) is 3.50. The SMILES string of the molecule is COc1cc(NCCCN=C(N)NC(N)=NC(C)C)c2ncccc2c1.Cl. The highest BCUT2D eigenvalue weighted by Crippen LogP contribution is 2.27. The highest BCUT2D eigenvalue weighted by molar-refractivity contribution is 5.97. The fraction of sp³-hybridized carbons (Fsp3) is 0.389. The van der Waals surface area contributed by atoms with Crippen LogP contribution in [0.1, 0.15) is 20.3 Å². The molecule has 9 heteroatoms. The van der Waals surface area contributed by atoms with Gasteiger partial charge in [0.2, 0.25) is 0 Å². The minimum absolute atomic E-state index is 0. The fourth-order valence-electron chi connectivity index (χ4n) is 2.40. The zero-order valence-electron chi connectivity index (χ0n) is 15.9. The number of guanidine groups is 2. The average molecular weight is 394 g/mol. The van der Waals surface area contributed by atoms with Crippen LogP contribution in [0.3, 0.4) is 0 Å². The van der Waals surface area contributed by atoms with Crippen LogP contribution in [-0.4, -0.2) is 43.1 Å². The van der Waals surface area contributed by atoms with Crippen molar-refractivity contribution < 1.29 is 4.74 Å². The molecule has 27 heavy (non-hydrogen) atoms. The molecule has 148 valence electrons. The number of ether oxygens (including phenoxy) is 1. The van der Waals surface area contributed by atoms with Crippen LogP contribution in [0.2, 0.25) is 0 Å². The lowest BCUT2D eigenvalue weighted by atomic mass is 10.1. The van der Waals surface area contributed by atoms with Crippen molar-refractivity contribution in [3.05, 3.63) is 30.5 Å². The van der Waals surface area contributed by atoms with Crippen molar-refractivity contribution in [2.75, 3.05) is 25.5 Å². The molecule has 0 saturated heterocycles. The quantitative estimate of drug-likeness (QED) is 0.324. The van der Waals surface area contributed by atoms with Gasteiger partial charge in [0, 0.05) is 36.8 Å². The number of benzene rings is 1. The topological polar surface area (TPSA) is 123 Å². The lowest BCUT2D eigenvalue weighted by Gasteiger charge is -2.11. The van der Waals surface area contributed by atoms with Gasteiger partial charge in [0.05, 0.1) is 18.3 Å². The first kappa shape index (κ1) is 22.3. The molecule has 0 spiro atoms. The maximum absolute atomic E-state index is 5.79. The van der Waals surface area contributed by atoms with Gasteiger partial charge in [0.15, 0.2) is 11.9 Å². The van der Waals surface area contributed by atoms with Gasteiger partial charge in [-0.05, 0) is 32.4 Å². The fourth-order valence-corrected chi connectivity index (χ4v) is 2.40. The number of nitrogens with one attached hydrogen (secondary N) is 2. The van der Waals surface area contributed by atoms with Gasteiger partial charge in [-0.25, -0.2) is 0 Å². The van der Waals surface area contributed by atoms with Crippen LogP contribution in [0.25, 0.3) is 10.9 Å². The zero-order valence-corrected chi connectivity index (χ0v) is 16.7. The number of hydrogen-bond donors (Lipinski definition) is 4. The molecule has 0 fully saturated rings. The molecule has 0 aliphatic carbocycles. The van der Waals surface area contributed by atoms with E-state index in [0.717, 1.165) is 35.3 Å². The van der Waals surface area contributed by atoms with Gasteiger partial charge >= 0.3 is 0 Å². The second kappa shape index (κ2) is 11.1. The molecule has 0 atom stereocenters. The van der Waals surface area contributed by atoms with Crippen molar-refractivity contribution in [3.8, 4) is 5.75 Å². The van der Waals surface area contributed by atoms with E-state index in [1.807, 2.05) is 38.1 Å². The Hall–Kier alpha value is -2.74. The number of rotatable bonds is 7. The summed E-state index contributed by atoms with van der Waals surface area (Å²) in [5, 5.41) is 7.18. The Morgan fingerprint density at radius 2 is 2.04 bits per heavy atom. The highest BCUT2D eigenvalue weighted by Gasteiger charge is 2.05. The number of halogens is 1. The average Bonchev–Trinajstić information content (AvgIpc) is 2.60. The minimum Gasteiger partial charge on any atom is -0.497 e. The monoisotopic (exact) mass is 393 g/mol. The first-order chi connectivity index (χ1) is 12.5. The molecule has 8 nitrogen and oxygen atoms in total. The van der Waals surface area contributed by atoms with E-state index in [4.69, 9.17) is 16.2 Å². The molecular formula is C18H28ClN7O. The Labute approximate surface area is 165 Å². The van der Waals surface area contributed by atoms with Crippen molar-refractivity contribution in [2.45, 2.75) is 26.3 Å². The summed E-state index contributed by atoms with van der Waals surface area (Å²) in [6.45, 7) is 5.16. The van der Waals surface area contributed by atoms with E-state index in [1.165, 1.54) is 0 Å². The summed E-state index contributed by atoms with van der Waals surface area (Å²) in [7, 11) is 1.65. The molecule has 0 radical (unpaired) electrons. The van der Waals surface area contributed by atoms with Gasteiger partial charge in [0.1, 0.15) is 5.75 Å². The second-order valence-electron chi connectivity index (χ2n) is 6.03. The number of methoxy groups -OCH3 is 1. The van der Waals surface area contributed by atoms with Crippen molar-refractivity contribution in [1.29, 1.82) is 0 Å². The number of nitrogens with zero attached hydrogens (tertiary/aromatic N) is 3. The van der Waals surface area contributed by atoms with E-state index < -0.39 is 0 Å². The van der Waals surface area contributed by atoms with E-state index in [9.17, 15) is 0 Å². The van der Waals surface area contributed by atoms with Crippen molar-refractivity contribution in [3.63, 3.8) is 0 Å². The maximum Gasteiger partial charge on any atom is 0.195 e.